The Balaban J connectivity index is 3.18. The SMILES string of the molecule is O=P(O)(O)C(O)(Cc1nccs1)P(=O)(O)O. The van der Waals surface area contributed by atoms with E-state index in [9.17, 15) is 14.2 Å². The summed E-state index contributed by atoms with van der Waals surface area (Å²) in [5.41, 5.74) is 0. The highest BCUT2D eigenvalue weighted by atomic mass is 32.1. The van der Waals surface area contributed by atoms with Crippen molar-refractivity contribution in [2.75, 3.05) is 0 Å². The first-order chi connectivity index (χ1) is 7.08. The van der Waals surface area contributed by atoms with Gasteiger partial charge in [0, 0.05) is 11.6 Å². The molecule has 1 aromatic rings. The molecule has 0 saturated carbocycles. The maximum absolute atomic E-state index is 11.0. The smallest absolute Gasteiger partial charge is 0.367 e. The Bertz CT molecular complexity index is 425. The zero-order valence-corrected chi connectivity index (χ0v) is 10.3. The third-order valence-electron chi connectivity index (χ3n) is 1.80. The number of aliphatic hydroxyl groups is 1. The molecule has 0 aliphatic carbocycles. The van der Waals surface area contributed by atoms with Gasteiger partial charge in [-0.1, -0.05) is 0 Å². The normalized spacial score (nSPS) is 14.1. The molecule has 0 aliphatic heterocycles. The summed E-state index contributed by atoms with van der Waals surface area (Å²) in [4.78, 5) is 38.9. The standard InChI is InChI=1S/C5H9NO7P2S/c7-5(14(8,9)10,15(11,12)13)3-4-6-1-2-16-4/h1-2,7H,3H2,(H2,8,9,10)(H2,11,12,13). The lowest BCUT2D eigenvalue weighted by Gasteiger charge is -2.28. The van der Waals surface area contributed by atoms with Gasteiger partial charge in [-0.25, -0.2) is 4.98 Å². The van der Waals surface area contributed by atoms with Crippen LogP contribution >= 0.6 is 26.5 Å². The van der Waals surface area contributed by atoms with Crippen LogP contribution in [0.15, 0.2) is 11.6 Å². The van der Waals surface area contributed by atoms with Gasteiger partial charge in [0.15, 0.2) is 0 Å². The van der Waals surface area contributed by atoms with Gasteiger partial charge in [-0.15, -0.1) is 11.3 Å². The topological polar surface area (TPSA) is 148 Å². The minimum atomic E-state index is -5.39. The van der Waals surface area contributed by atoms with Crippen LogP contribution in [-0.4, -0.2) is 34.7 Å². The van der Waals surface area contributed by atoms with E-state index in [4.69, 9.17) is 19.6 Å². The van der Waals surface area contributed by atoms with E-state index < -0.39 is 26.7 Å². The Labute approximate surface area is 93.9 Å². The molecule has 0 amide bonds. The van der Waals surface area contributed by atoms with Crippen molar-refractivity contribution in [2.24, 2.45) is 0 Å². The third kappa shape index (κ3) is 2.58. The Morgan fingerprint density at radius 1 is 1.25 bits per heavy atom. The average molecular weight is 289 g/mol. The Morgan fingerprint density at radius 3 is 2.06 bits per heavy atom. The Kier molecular flexibility index (Phi) is 3.74. The minimum absolute atomic E-state index is 0.0224. The maximum atomic E-state index is 11.0. The van der Waals surface area contributed by atoms with Gasteiger partial charge < -0.3 is 24.7 Å². The van der Waals surface area contributed by atoms with Crippen LogP contribution in [-0.2, 0) is 15.6 Å². The molecule has 92 valence electrons. The van der Waals surface area contributed by atoms with Crippen molar-refractivity contribution in [3.8, 4) is 0 Å². The summed E-state index contributed by atoms with van der Waals surface area (Å²) >= 11 is 0.924. The van der Waals surface area contributed by atoms with Crippen LogP contribution in [0.5, 0.6) is 0 Å². The first-order valence-electron chi connectivity index (χ1n) is 3.80. The molecular weight excluding hydrogens is 280 g/mol. The van der Waals surface area contributed by atoms with Gasteiger partial charge in [0.2, 0.25) is 0 Å². The van der Waals surface area contributed by atoms with Gasteiger partial charge >= 0.3 is 15.2 Å². The lowest BCUT2D eigenvalue weighted by molar-refractivity contribution is 0.131. The molecule has 0 aromatic carbocycles. The highest BCUT2D eigenvalue weighted by molar-refractivity contribution is 7.72. The Morgan fingerprint density at radius 2 is 1.75 bits per heavy atom. The number of aromatic nitrogens is 1. The summed E-state index contributed by atoms with van der Waals surface area (Å²) < 4.78 is 21.9. The van der Waals surface area contributed by atoms with E-state index in [0.717, 1.165) is 11.3 Å². The zero-order chi connectivity index (χ0) is 12.6. The third-order valence-corrected chi connectivity index (χ3v) is 6.33. The fraction of sp³-hybridized carbons (Fsp3) is 0.400. The average Bonchev–Trinajstić information content (AvgIpc) is 2.52. The zero-order valence-electron chi connectivity index (χ0n) is 7.66. The van der Waals surface area contributed by atoms with Gasteiger partial charge in [0.1, 0.15) is 0 Å². The van der Waals surface area contributed by atoms with Gasteiger partial charge in [0.25, 0.3) is 5.08 Å². The molecule has 16 heavy (non-hydrogen) atoms. The summed E-state index contributed by atoms with van der Waals surface area (Å²) in [7, 11) is -10.8. The second-order valence-electron chi connectivity index (χ2n) is 2.97. The molecule has 0 spiro atoms. The second-order valence-corrected chi connectivity index (χ2v) is 7.95. The molecule has 1 rings (SSSR count). The molecule has 0 saturated heterocycles. The van der Waals surface area contributed by atoms with Gasteiger partial charge in [-0.2, -0.15) is 0 Å². The van der Waals surface area contributed by atoms with Crippen LogP contribution in [0.1, 0.15) is 5.01 Å². The van der Waals surface area contributed by atoms with E-state index >= 15 is 0 Å². The summed E-state index contributed by atoms with van der Waals surface area (Å²) in [5, 5.41) is 7.55. The molecule has 0 unspecified atom stereocenters. The van der Waals surface area contributed by atoms with Crippen LogP contribution < -0.4 is 0 Å². The van der Waals surface area contributed by atoms with Crippen molar-refractivity contribution >= 4 is 26.5 Å². The van der Waals surface area contributed by atoms with Crippen molar-refractivity contribution in [3.63, 3.8) is 0 Å². The van der Waals surface area contributed by atoms with Crippen LogP contribution in [0.4, 0.5) is 0 Å². The van der Waals surface area contributed by atoms with Crippen LogP contribution in [0.2, 0.25) is 0 Å². The van der Waals surface area contributed by atoms with Crippen molar-refractivity contribution in [2.45, 2.75) is 11.5 Å². The molecular formula is C5H9NO7P2S. The minimum Gasteiger partial charge on any atom is -0.367 e. The quantitative estimate of drug-likeness (QED) is 0.474. The van der Waals surface area contributed by atoms with E-state index in [1.807, 2.05) is 0 Å². The summed E-state index contributed by atoms with van der Waals surface area (Å²) in [6.07, 6.45) is 0.388. The molecule has 0 fully saturated rings. The van der Waals surface area contributed by atoms with E-state index in [1.54, 1.807) is 0 Å². The largest absolute Gasteiger partial charge is 0.369 e. The molecule has 5 N–H and O–H groups in total. The van der Waals surface area contributed by atoms with E-state index in [1.165, 1.54) is 11.6 Å². The van der Waals surface area contributed by atoms with Gasteiger partial charge in [-0.3, -0.25) is 9.13 Å². The van der Waals surface area contributed by atoms with Crippen LogP contribution in [0, 0.1) is 0 Å². The van der Waals surface area contributed by atoms with E-state index in [2.05, 4.69) is 4.98 Å². The first kappa shape index (κ1) is 14.0. The van der Waals surface area contributed by atoms with Gasteiger partial charge in [0.05, 0.1) is 11.4 Å². The number of thiazole rings is 1. The maximum Gasteiger partial charge on any atom is 0.369 e. The summed E-state index contributed by atoms with van der Waals surface area (Å²) in [5.74, 6) is 0. The molecule has 0 aliphatic rings. The lowest BCUT2D eigenvalue weighted by Crippen LogP contribution is -2.31. The monoisotopic (exact) mass is 289 g/mol. The molecule has 1 heterocycles. The predicted octanol–water partition coefficient (Wildman–Crippen LogP) is -0.313. The van der Waals surface area contributed by atoms with Crippen molar-refractivity contribution in [1.29, 1.82) is 0 Å². The highest BCUT2D eigenvalue weighted by Crippen LogP contribution is 2.68. The molecule has 1 aromatic heterocycles. The van der Waals surface area contributed by atoms with E-state index in [0.29, 0.717) is 0 Å². The van der Waals surface area contributed by atoms with Crippen LogP contribution in [0.3, 0.4) is 0 Å². The molecule has 0 radical (unpaired) electrons. The molecule has 8 nitrogen and oxygen atoms in total. The van der Waals surface area contributed by atoms with E-state index in [-0.39, 0.29) is 5.01 Å². The molecule has 0 atom stereocenters. The molecule has 0 bridgehead atoms. The lowest BCUT2D eigenvalue weighted by atomic mass is 10.5. The number of hydrogen-bond acceptors (Lipinski definition) is 5. The Hall–Kier alpha value is -0.110. The van der Waals surface area contributed by atoms with Gasteiger partial charge in [-0.05, 0) is 0 Å². The summed E-state index contributed by atoms with van der Waals surface area (Å²) in [6.45, 7) is 0. The first-order valence-corrected chi connectivity index (χ1v) is 7.90. The number of nitrogens with zero attached hydrogens (tertiary/aromatic N) is 1. The summed E-state index contributed by atoms with van der Waals surface area (Å²) in [6, 6.07) is 0. The fourth-order valence-corrected chi connectivity index (χ4v) is 3.89. The highest BCUT2D eigenvalue weighted by Gasteiger charge is 2.59. The predicted molar refractivity (Wildman–Crippen MR) is 54.9 cm³/mol. The van der Waals surface area contributed by atoms with Crippen molar-refractivity contribution in [3.05, 3.63) is 16.6 Å². The van der Waals surface area contributed by atoms with Crippen molar-refractivity contribution in [1.82, 2.24) is 4.98 Å². The second kappa shape index (κ2) is 4.29. The van der Waals surface area contributed by atoms with Crippen LogP contribution in [0.25, 0.3) is 0 Å². The number of hydrogen-bond donors (Lipinski definition) is 5. The molecule has 11 heteroatoms. The van der Waals surface area contributed by atoms with Crippen molar-refractivity contribution < 1.29 is 33.8 Å². The fourth-order valence-electron chi connectivity index (χ4n) is 0.919. The number of rotatable bonds is 4.